The summed E-state index contributed by atoms with van der Waals surface area (Å²) in [7, 11) is 3.40. The number of aromatic hydroxyl groups is 1. The van der Waals surface area contributed by atoms with E-state index in [1.807, 2.05) is 24.3 Å². The Morgan fingerprint density at radius 1 is 1.24 bits per heavy atom. The predicted octanol–water partition coefficient (Wildman–Crippen LogP) is 3.63. The summed E-state index contributed by atoms with van der Waals surface area (Å²) in [5, 5.41) is 13.4. The number of guanidine groups is 1. The summed E-state index contributed by atoms with van der Waals surface area (Å²) in [6.07, 6.45) is 1.08. The molecule has 158 valence electrons. The van der Waals surface area contributed by atoms with Crippen molar-refractivity contribution >= 4 is 29.9 Å². The average molecular weight is 511 g/mol. The maximum absolute atomic E-state index is 10.0. The summed E-state index contributed by atoms with van der Waals surface area (Å²) < 4.78 is 11.1. The Balaban J connectivity index is 0.00000300. The van der Waals surface area contributed by atoms with Crippen molar-refractivity contribution in [3.63, 3.8) is 0 Å². The molecule has 1 heterocycles. The number of ether oxygens (including phenoxy) is 2. The predicted molar refractivity (Wildman–Crippen MR) is 126 cm³/mol. The van der Waals surface area contributed by atoms with Gasteiger partial charge < -0.3 is 24.8 Å². The van der Waals surface area contributed by atoms with Crippen LogP contribution >= 0.6 is 24.0 Å². The number of hydrogen-bond donors (Lipinski definition) is 2. The van der Waals surface area contributed by atoms with Gasteiger partial charge in [-0.1, -0.05) is 30.3 Å². The van der Waals surface area contributed by atoms with Gasteiger partial charge in [0, 0.05) is 38.2 Å². The van der Waals surface area contributed by atoms with E-state index in [1.54, 1.807) is 26.3 Å². The number of hydrogen-bond acceptors (Lipinski definition) is 4. The number of methoxy groups -OCH3 is 1. The van der Waals surface area contributed by atoms with Crippen LogP contribution < -0.4 is 10.1 Å². The van der Waals surface area contributed by atoms with Gasteiger partial charge in [-0.2, -0.15) is 0 Å². The molecule has 29 heavy (non-hydrogen) atoms. The summed E-state index contributed by atoms with van der Waals surface area (Å²) in [4.78, 5) is 6.64. The average Bonchev–Trinajstić information content (AvgIpc) is 3.19. The van der Waals surface area contributed by atoms with Crippen LogP contribution in [0.25, 0.3) is 0 Å². The van der Waals surface area contributed by atoms with Crippen molar-refractivity contribution in [2.24, 2.45) is 10.9 Å². The van der Waals surface area contributed by atoms with Gasteiger partial charge in [-0.3, -0.25) is 4.99 Å². The first-order valence-electron chi connectivity index (χ1n) is 9.62. The Morgan fingerprint density at radius 2 is 2.03 bits per heavy atom. The van der Waals surface area contributed by atoms with Gasteiger partial charge in [0.2, 0.25) is 0 Å². The van der Waals surface area contributed by atoms with Gasteiger partial charge in [-0.25, -0.2) is 0 Å². The second kappa shape index (κ2) is 11.9. The first kappa shape index (κ1) is 23.3. The number of phenolic OH excluding ortho intramolecular Hbond substituents is 1. The fraction of sp³-hybridized carbons (Fsp3) is 0.409. The zero-order chi connectivity index (χ0) is 19.8. The third-order valence-corrected chi connectivity index (χ3v) is 4.99. The van der Waals surface area contributed by atoms with Crippen LogP contribution in [0, 0.1) is 5.92 Å². The SMILES string of the molecule is CN=C(NCc1cc(OC)ccc1O)N1CCC(COCc2ccccc2)C1.I. The molecule has 2 aromatic carbocycles. The number of benzene rings is 2. The molecule has 0 amide bonds. The Kier molecular flexibility index (Phi) is 9.53. The molecule has 6 nitrogen and oxygen atoms in total. The van der Waals surface area contributed by atoms with Crippen molar-refractivity contribution in [3.8, 4) is 11.5 Å². The lowest BCUT2D eigenvalue weighted by Crippen LogP contribution is -2.39. The van der Waals surface area contributed by atoms with Crippen molar-refractivity contribution in [1.82, 2.24) is 10.2 Å². The summed E-state index contributed by atoms with van der Waals surface area (Å²) in [6.45, 7) is 3.75. The molecule has 1 atom stereocenters. The highest BCUT2D eigenvalue weighted by molar-refractivity contribution is 14.0. The van der Waals surface area contributed by atoms with E-state index < -0.39 is 0 Å². The van der Waals surface area contributed by atoms with Crippen molar-refractivity contribution in [1.29, 1.82) is 0 Å². The number of likely N-dealkylation sites (tertiary alicyclic amines) is 1. The van der Waals surface area contributed by atoms with Gasteiger partial charge in [0.15, 0.2) is 5.96 Å². The molecule has 0 saturated carbocycles. The van der Waals surface area contributed by atoms with Crippen molar-refractivity contribution < 1.29 is 14.6 Å². The molecule has 2 N–H and O–H groups in total. The van der Waals surface area contributed by atoms with E-state index in [0.29, 0.717) is 19.1 Å². The highest BCUT2D eigenvalue weighted by Gasteiger charge is 2.25. The Morgan fingerprint density at radius 3 is 2.76 bits per heavy atom. The maximum Gasteiger partial charge on any atom is 0.193 e. The van der Waals surface area contributed by atoms with Crippen LogP contribution in [0.15, 0.2) is 53.5 Å². The lowest BCUT2D eigenvalue weighted by molar-refractivity contribution is 0.0906. The van der Waals surface area contributed by atoms with Gasteiger partial charge in [0.1, 0.15) is 11.5 Å². The van der Waals surface area contributed by atoms with Crippen LogP contribution in [0.3, 0.4) is 0 Å². The van der Waals surface area contributed by atoms with Crippen LogP contribution in [0.1, 0.15) is 17.5 Å². The maximum atomic E-state index is 10.0. The highest BCUT2D eigenvalue weighted by atomic mass is 127. The number of nitrogens with zero attached hydrogens (tertiary/aromatic N) is 2. The highest BCUT2D eigenvalue weighted by Crippen LogP contribution is 2.23. The quantitative estimate of drug-likeness (QED) is 0.338. The van der Waals surface area contributed by atoms with Gasteiger partial charge in [0.05, 0.1) is 20.3 Å². The Labute approximate surface area is 190 Å². The smallest absolute Gasteiger partial charge is 0.193 e. The molecule has 0 aromatic heterocycles. The molecule has 7 heteroatoms. The zero-order valence-electron chi connectivity index (χ0n) is 17.0. The number of nitrogens with one attached hydrogen (secondary N) is 1. The van der Waals surface area contributed by atoms with Crippen LogP contribution in [0.2, 0.25) is 0 Å². The second-order valence-corrected chi connectivity index (χ2v) is 7.00. The van der Waals surface area contributed by atoms with E-state index in [-0.39, 0.29) is 29.7 Å². The fourth-order valence-corrected chi connectivity index (χ4v) is 3.42. The van der Waals surface area contributed by atoms with E-state index in [0.717, 1.165) is 43.4 Å². The molecule has 1 aliphatic rings. The minimum Gasteiger partial charge on any atom is -0.508 e. The van der Waals surface area contributed by atoms with Gasteiger partial charge in [-0.15, -0.1) is 24.0 Å². The van der Waals surface area contributed by atoms with E-state index in [2.05, 4.69) is 27.3 Å². The monoisotopic (exact) mass is 511 g/mol. The zero-order valence-corrected chi connectivity index (χ0v) is 19.3. The minimum atomic E-state index is 0. The molecule has 1 aliphatic heterocycles. The van der Waals surface area contributed by atoms with E-state index in [4.69, 9.17) is 9.47 Å². The van der Waals surface area contributed by atoms with Crippen LogP contribution in [-0.4, -0.2) is 49.8 Å². The first-order valence-corrected chi connectivity index (χ1v) is 9.62. The second-order valence-electron chi connectivity index (χ2n) is 7.00. The van der Waals surface area contributed by atoms with Crippen molar-refractivity contribution in [2.75, 3.05) is 33.9 Å². The molecular weight excluding hydrogens is 481 g/mol. The summed E-state index contributed by atoms with van der Waals surface area (Å²) in [6, 6.07) is 15.5. The summed E-state index contributed by atoms with van der Waals surface area (Å²) in [5.41, 5.74) is 1.98. The molecule has 1 fully saturated rings. The van der Waals surface area contributed by atoms with Crippen LogP contribution in [0.5, 0.6) is 11.5 Å². The van der Waals surface area contributed by atoms with E-state index >= 15 is 0 Å². The molecule has 1 saturated heterocycles. The summed E-state index contributed by atoms with van der Waals surface area (Å²) >= 11 is 0. The molecule has 0 radical (unpaired) electrons. The lowest BCUT2D eigenvalue weighted by atomic mass is 10.1. The molecule has 3 rings (SSSR count). The topological polar surface area (TPSA) is 66.3 Å². The fourth-order valence-electron chi connectivity index (χ4n) is 3.42. The van der Waals surface area contributed by atoms with Crippen molar-refractivity contribution in [2.45, 2.75) is 19.6 Å². The largest absolute Gasteiger partial charge is 0.508 e. The molecule has 2 aromatic rings. The van der Waals surface area contributed by atoms with E-state index in [9.17, 15) is 5.11 Å². The summed E-state index contributed by atoms with van der Waals surface area (Å²) in [5.74, 6) is 2.30. The normalized spacial score (nSPS) is 16.4. The molecule has 0 bridgehead atoms. The first-order chi connectivity index (χ1) is 13.7. The van der Waals surface area contributed by atoms with E-state index in [1.165, 1.54) is 5.56 Å². The van der Waals surface area contributed by atoms with Crippen LogP contribution in [0.4, 0.5) is 0 Å². The number of rotatable bonds is 7. The molecule has 0 spiro atoms. The number of phenols is 1. The minimum absolute atomic E-state index is 0. The Hall–Kier alpha value is -2.00. The molecule has 1 unspecified atom stereocenters. The van der Waals surface area contributed by atoms with Gasteiger partial charge in [0.25, 0.3) is 0 Å². The van der Waals surface area contributed by atoms with Crippen LogP contribution in [-0.2, 0) is 17.9 Å². The van der Waals surface area contributed by atoms with Gasteiger partial charge >= 0.3 is 0 Å². The Bertz CT molecular complexity index is 786. The number of aliphatic imine (C=N–C) groups is 1. The standard InChI is InChI=1S/C22H29N3O3.HI/c1-23-22(24-13-19-12-20(27-2)8-9-21(19)26)25-11-10-18(14-25)16-28-15-17-6-4-3-5-7-17;/h3-9,12,18,26H,10-11,13-16H2,1-2H3,(H,23,24);1H. The molecular formula is C22H30IN3O3. The molecule has 0 aliphatic carbocycles. The van der Waals surface area contributed by atoms with Crippen molar-refractivity contribution in [3.05, 3.63) is 59.7 Å². The lowest BCUT2D eigenvalue weighted by Gasteiger charge is -2.22. The van der Waals surface area contributed by atoms with Gasteiger partial charge in [-0.05, 0) is 30.2 Å². The third kappa shape index (κ3) is 6.78. The third-order valence-electron chi connectivity index (χ3n) is 4.99. The number of halogens is 1.